The molecule has 0 bridgehead atoms. The number of hydrogen-bond acceptors (Lipinski definition) is 1. The van der Waals surface area contributed by atoms with E-state index in [1.54, 1.807) is 11.8 Å². The molecule has 0 aliphatic rings. The highest BCUT2D eigenvalue weighted by molar-refractivity contribution is 8.07. The van der Waals surface area contributed by atoms with Gasteiger partial charge >= 0.3 is 0 Å². The minimum absolute atomic E-state index is 0.313. The second-order valence-electron chi connectivity index (χ2n) is 7.18. The lowest BCUT2D eigenvalue weighted by molar-refractivity contribution is 0.827. The molecule has 0 nitrogen and oxygen atoms in total. The van der Waals surface area contributed by atoms with Gasteiger partial charge in [0.15, 0.2) is 0 Å². The van der Waals surface area contributed by atoms with Gasteiger partial charge in [-0.3, -0.25) is 0 Å². The van der Waals surface area contributed by atoms with Gasteiger partial charge in [0.25, 0.3) is 0 Å². The third kappa shape index (κ3) is 5.05. The SMILES string of the molecule is C=C(Cc1cc(C)c(C)cc1C)C(C)/C=C(\SC)c1ccc(Cl)cc1C. The molecule has 2 rings (SSSR count). The normalized spacial score (nSPS) is 13.0. The van der Waals surface area contributed by atoms with E-state index < -0.39 is 0 Å². The van der Waals surface area contributed by atoms with Gasteiger partial charge in [-0.25, -0.2) is 0 Å². The minimum Gasteiger partial charge on any atom is -0.129 e. The van der Waals surface area contributed by atoms with E-state index in [-0.39, 0.29) is 0 Å². The second kappa shape index (κ2) is 8.97. The van der Waals surface area contributed by atoms with Gasteiger partial charge < -0.3 is 0 Å². The zero-order valence-corrected chi connectivity index (χ0v) is 18.3. The molecule has 2 aromatic carbocycles. The lowest BCUT2D eigenvalue weighted by Crippen LogP contribution is -2.02. The quantitative estimate of drug-likeness (QED) is 0.459. The summed E-state index contributed by atoms with van der Waals surface area (Å²) in [6, 6.07) is 10.7. The molecule has 2 heteroatoms. The summed E-state index contributed by atoms with van der Waals surface area (Å²) in [4.78, 5) is 1.28. The number of allylic oxidation sites excluding steroid dienone is 2. The molecule has 2 aromatic rings. The van der Waals surface area contributed by atoms with Gasteiger partial charge in [-0.2, -0.15) is 0 Å². The molecule has 0 saturated heterocycles. The molecule has 0 aliphatic carbocycles. The molecule has 0 spiro atoms. The maximum Gasteiger partial charge on any atom is 0.0409 e. The summed E-state index contributed by atoms with van der Waals surface area (Å²) in [5.41, 5.74) is 9.14. The Balaban J connectivity index is 2.23. The van der Waals surface area contributed by atoms with E-state index in [1.807, 2.05) is 12.1 Å². The highest BCUT2D eigenvalue weighted by Crippen LogP contribution is 2.32. The molecule has 0 radical (unpaired) electrons. The standard InChI is InChI=1S/C24H29ClS/c1-15-10-19(5)21(11-16(15)2)12-17(3)18(4)14-24(26-7)23-9-8-22(25)13-20(23)6/h8-11,13-14,18H,3,12H2,1-2,4-7H3/b24-14-. The number of thioether (sulfide) groups is 1. The third-order valence-corrected chi connectivity index (χ3v) is 6.12. The van der Waals surface area contributed by atoms with Crippen LogP contribution in [0.3, 0.4) is 0 Å². The molecule has 1 unspecified atom stereocenters. The Labute approximate surface area is 168 Å². The summed E-state index contributed by atoms with van der Waals surface area (Å²) in [5.74, 6) is 0.313. The largest absolute Gasteiger partial charge is 0.129 e. The average molecular weight is 385 g/mol. The molecule has 0 amide bonds. The Morgan fingerprint density at radius 3 is 2.31 bits per heavy atom. The number of benzene rings is 2. The Hall–Kier alpha value is -1.44. The van der Waals surface area contributed by atoms with Crippen LogP contribution in [0, 0.1) is 33.6 Å². The molecule has 0 saturated carbocycles. The molecule has 1 atom stereocenters. The summed E-state index contributed by atoms with van der Waals surface area (Å²) in [6.45, 7) is 15.3. The zero-order valence-electron chi connectivity index (χ0n) is 16.7. The van der Waals surface area contributed by atoms with Gasteiger partial charge in [-0.15, -0.1) is 11.8 Å². The lowest BCUT2D eigenvalue weighted by Gasteiger charge is -2.17. The number of rotatable bonds is 6. The first kappa shape index (κ1) is 20.9. The van der Waals surface area contributed by atoms with Gasteiger partial charge in [0.1, 0.15) is 0 Å². The fourth-order valence-electron chi connectivity index (χ4n) is 3.13. The van der Waals surface area contributed by atoms with Gasteiger partial charge in [0.05, 0.1) is 0 Å². The second-order valence-corrected chi connectivity index (χ2v) is 8.47. The van der Waals surface area contributed by atoms with E-state index in [4.69, 9.17) is 11.6 Å². The van der Waals surface area contributed by atoms with Crippen LogP contribution in [0.15, 0.2) is 48.6 Å². The molecular formula is C24H29ClS. The average Bonchev–Trinajstić information content (AvgIpc) is 2.57. The molecular weight excluding hydrogens is 356 g/mol. The third-order valence-electron chi connectivity index (χ3n) is 5.09. The van der Waals surface area contributed by atoms with Crippen LogP contribution < -0.4 is 0 Å². The molecule has 0 fully saturated rings. The van der Waals surface area contributed by atoms with Crippen LogP contribution in [-0.4, -0.2) is 6.26 Å². The Bertz CT molecular complexity index is 846. The van der Waals surface area contributed by atoms with Gasteiger partial charge in [-0.05, 0) is 91.8 Å². The van der Waals surface area contributed by atoms with Crippen molar-refractivity contribution >= 4 is 28.3 Å². The molecule has 0 heterocycles. The van der Waals surface area contributed by atoms with Crippen molar-refractivity contribution in [2.75, 3.05) is 6.26 Å². The fourth-order valence-corrected chi connectivity index (χ4v) is 4.15. The Kier molecular flexibility index (Phi) is 7.20. The van der Waals surface area contributed by atoms with Crippen molar-refractivity contribution in [2.24, 2.45) is 5.92 Å². The summed E-state index contributed by atoms with van der Waals surface area (Å²) < 4.78 is 0. The van der Waals surface area contributed by atoms with E-state index in [0.29, 0.717) is 5.92 Å². The van der Waals surface area contributed by atoms with Crippen LogP contribution >= 0.6 is 23.4 Å². The smallest absolute Gasteiger partial charge is 0.0409 e. The van der Waals surface area contributed by atoms with Crippen molar-refractivity contribution in [3.63, 3.8) is 0 Å². The van der Waals surface area contributed by atoms with Crippen LogP contribution in [0.2, 0.25) is 5.02 Å². The van der Waals surface area contributed by atoms with Crippen molar-refractivity contribution in [1.82, 2.24) is 0 Å². The topological polar surface area (TPSA) is 0 Å². The molecule has 0 aromatic heterocycles. The van der Waals surface area contributed by atoms with Crippen LogP contribution in [0.1, 0.15) is 40.3 Å². The first-order chi connectivity index (χ1) is 12.2. The van der Waals surface area contributed by atoms with Gasteiger partial charge in [-0.1, -0.05) is 55.0 Å². The molecule has 138 valence electrons. The fraction of sp³-hybridized carbons (Fsp3) is 0.333. The number of hydrogen-bond donors (Lipinski definition) is 0. The van der Waals surface area contributed by atoms with Gasteiger partial charge in [0.2, 0.25) is 0 Å². The van der Waals surface area contributed by atoms with Crippen LogP contribution in [-0.2, 0) is 6.42 Å². The zero-order chi connectivity index (χ0) is 19.4. The van der Waals surface area contributed by atoms with E-state index in [9.17, 15) is 0 Å². The van der Waals surface area contributed by atoms with Crippen molar-refractivity contribution in [1.29, 1.82) is 0 Å². The summed E-state index contributed by atoms with van der Waals surface area (Å²) >= 11 is 7.89. The van der Waals surface area contributed by atoms with Crippen molar-refractivity contribution in [3.05, 3.63) is 87.0 Å². The van der Waals surface area contributed by atoms with E-state index in [1.165, 1.54) is 43.9 Å². The van der Waals surface area contributed by atoms with E-state index in [0.717, 1.165) is 11.4 Å². The minimum atomic E-state index is 0.313. The van der Waals surface area contributed by atoms with Crippen LogP contribution in [0.5, 0.6) is 0 Å². The number of aryl methyl sites for hydroxylation is 4. The van der Waals surface area contributed by atoms with E-state index >= 15 is 0 Å². The number of halogens is 1. The van der Waals surface area contributed by atoms with Crippen LogP contribution in [0.25, 0.3) is 4.91 Å². The Morgan fingerprint density at radius 2 is 1.69 bits per heavy atom. The van der Waals surface area contributed by atoms with Crippen molar-refractivity contribution in [3.8, 4) is 0 Å². The summed E-state index contributed by atoms with van der Waals surface area (Å²) in [7, 11) is 0. The molecule has 0 N–H and O–H groups in total. The lowest BCUT2D eigenvalue weighted by atomic mass is 9.91. The molecule has 0 aliphatic heterocycles. The first-order valence-electron chi connectivity index (χ1n) is 8.99. The van der Waals surface area contributed by atoms with E-state index in [2.05, 4.69) is 71.7 Å². The van der Waals surface area contributed by atoms with Crippen molar-refractivity contribution in [2.45, 2.75) is 41.0 Å². The monoisotopic (exact) mass is 384 g/mol. The predicted molar refractivity (Wildman–Crippen MR) is 120 cm³/mol. The summed E-state index contributed by atoms with van der Waals surface area (Å²) in [5, 5.41) is 0.786. The maximum atomic E-state index is 6.11. The highest BCUT2D eigenvalue weighted by Gasteiger charge is 2.11. The first-order valence-corrected chi connectivity index (χ1v) is 10.6. The predicted octanol–water partition coefficient (Wildman–Crippen LogP) is 7.71. The maximum absolute atomic E-state index is 6.11. The van der Waals surface area contributed by atoms with Gasteiger partial charge in [0, 0.05) is 9.93 Å². The summed E-state index contributed by atoms with van der Waals surface area (Å²) in [6.07, 6.45) is 5.38. The highest BCUT2D eigenvalue weighted by atomic mass is 35.5. The Morgan fingerprint density at radius 1 is 1.04 bits per heavy atom. The van der Waals surface area contributed by atoms with Crippen molar-refractivity contribution < 1.29 is 0 Å². The molecule has 26 heavy (non-hydrogen) atoms. The van der Waals surface area contributed by atoms with Crippen LogP contribution in [0.4, 0.5) is 0 Å².